The van der Waals surface area contributed by atoms with Crippen molar-refractivity contribution < 1.29 is 14.9 Å². The molecule has 1 rings (SSSR count). The maximum absolute atomic E-state index is 9.55. The molecule has 70 valence electrons. The summed E-state index contributed by atoms with van der Waals surface area (Å²) in [5, 5.41) is 27.3. The Bertz CT molecular complexity index is 268. The molecule has 1 aliphatic heterocycles. The van der Waals surface area contributed by atoms with Gasteiger partial charge in [-0.15, -0.1) is 0 Å². The molecular formula is C8H10N2O3. The van der Waals surface area contributed by atoms with E-state index in [1.54, 1.807) is 6.07 Å². The Kier molecular flexibility index (Phi) is 2.84. The van der Waals surface area contributed by atoms with Gasteiger partial charge in [-0.2, -0.15) is 5.26 Å². The molecule has 5 heteroatoms. The van der Waals surface area contributed by atoms with Crippen molar-refractivity contribution >= 4 is 0 Å². The second-order valence-electron chi connectivity index (χ2n) is 3.05. The second-order valence-corrected chi connectivity index (χ2v) is 3.05. The summed E-state index contributed by atoms with van der Waals surface area (Å²) in [6, 6.07) is 1.77. The summed E-state index contributed by atoms with van der Waals surface area (Å²) in [6.07, 6.45) is -1.71. The van der Waals surface area contributed by atoms with Crippen LogP contribution in [-0.2, 0) is 4.74 Å². The van der Waals surface area contributed by atoms with Crippen LogP contribution in [0.2, 0.25) is 0 Å². The number of rotatable bonds is 2. The van der Waals surface area contributed by atoms with Crippen LogP contribution in [0.4, 0.5) is 0 Å². The maximum atomic E-state index is 9.55. The fourth-order valence-corrected chi connectivity index (χ4v) is 1.35. The first-order valence-corrected chi connectivity index (χ1v) is 3.90. The first kappa shape index (κ1) is 9.94. The van der Waals surface area contributed by atoms with E-state index in [9.17, 15) is 10.2 Å². The molecule has 0 aromatic carbocycles. The minimum absolute atomic E-state index is 0.000741. The smallest absolute Gasteiger partial charge is 0.243 e. The molecule has 2 N–H and O–H groups in total. The Labute approximate surface area is 76.0 Å². The van der Waals surface area contributed by atoms with Gasteiger partial charge >= 0.3 is 0 Å². The molecule has 3 atom stereocenters. The molecule has 0 bridgehead atoms. The number of nitriles is 1. The summed E-state index contributed by atoms with van der Waals surface area (Å²) in [7, 11) is 0. The van der Waals surface area contributed by atoms with E-state index in [2.05, 4.69) is 4.85 Å². The lowest BCUT2D eigenvalue weighted by molar-refractivity contribution is -0.185. The summed E-state index contributed by atoms with van der Waals surface area (Å²) in [5.41, 5.74) is 0. The predicted octanol–water partition coefficient (Wildman–Crippen LogP) is -0.342. The quantitative estimate of drug-likeness (QED) is 0.572. The molecule has 0 aromatic heterocycles. The third-order valence-corrected chi connectivity index (χ3v) is 1.95. The minimum atomic E-state index is -1.57. The van der Waals surface area contributed by atoms with Crippen LogP contribution >= 0.6 is 0 Å². The van der Waals surface area contributed by atoms with Gasteiger partial charge in [-0.25, -0.2) is 6.57 Å². The summed E-state index contributed by atoms with van der Waals surface area (Å²) in [5.74, 6) is -1.57. The molecular weight excluding hydrogens is 172 g/mol. The number of aliphatic hydroxyl groups excluding tert-OH is 1. The second kappa shape index (κ2) is 3.71. The van der Waals surface area contributed by atoms with Crippen molar-refractivity contribution in [3.63, 3.8) is 0 Å². The standard InChI is InChI=1S/C8H10N2O3/c1-10-5-7-6(11)4-8(12,13-7)2-3-9/h6-7,11-12H,2,4-5H2. The monoisotopic (exact) mass is 182 g/mol. The Balaban J connectivity index is 2.60. The van der Waals surface area contributed by atoms with Crippen LogP contribution in [0, 0.1) is 17.9 Å². The van der Waals surface area contributed by atoms with Gasteiger partial charge in [0.2, 0.25) is 6.54 Å². The highest BCUT2D eigenvalue weighted by Gasteiger charge is 2.45. The van der Waals surface area contributed by atoms with E-state index < -0.39 is 18.0 Å². The lowest BCUT2D eigenvalue weighted by Gasteiger charge is -2.17. The molecule has 3 unspecified atom stereocenters. The molecule has 1 saturated heterocycles. The number of nitrogens with zero attached hydrogens (tertiary/aromatic N) is 2. The molecule has 1 aliphatic rings. The maximum Gasteiger partial charge on any atom is 0.243 e. The molecule has 0 radical (unpaired) electrons. The topological polar surface area (TPSA) is 77.8 Å². The average molecular weight is 182 g/mol. The molecule has 0 aliphatic carbocycles. The lowest BCUT2D eigenvalue weighted by Crippen LogP contribution is -2.28. The van der Waals surface area contributed by atoms with Crippen molar-refractivity contribution in [2.45, 2.75) is 30.8 Å². The third kappa shape index (κ3) is 2.16. The van der Waals surface area contributed by atoms with E-state index in [0.29, 0.717) is 0 Å². The first-order chi connectivity index (χ1) is 6.11. The number of ether oxygens (including phenoxy) is 1. The zero-order valence-electron chi connectivity index (χ0n) is 6.97. The van der Waals surface area contributed by atoms with Crippen LogP contribution in [0.25, 0.3) is 4.85 Å². The van der Waals surface area contributed by atoms with Gasteiger partial charge < -0.3 is 19.8 Å². The lowest BCUT2D eigenvalue weighted by atomic mass is 10.1. The van der Waals surface area contributed by atoms with Crippen molar-refractivity contribution in [3.8, 4) is 6.07 Å². The molecule has 0 saturated carbocycles. The Morgan fingerprint density at radius 3 is 3.00 bits per heavy atom. The predicted molar refractivity (Wildman–Crippen MR) is 42.1 cm³/mol. The van der Waals surface area contributed by atoms with Gasteiger partial charge in [-0.1, -0.05) is 0 Å². The fraction of sp³-hybridized carbons (Fsp3) is 0.750. The Morgan fingerprint density at radius 1 is 1.77 bits per heavy atom. The SMILES string of the molecule is [C-]#[N+]CC1OC(O)(CC#N)CC1O. The normalized spacial score (nSPS) is 38.2. The van der Waals surface area contributed by atoms with Gasteiger partial charge in [0.25, 0.3) is 0 Å². The van der Waals surface area contributed by atoms with Crippen LogP contribution in [-0.4, -0.2) is 34.8 Å². The van der Waals surface area contributed by atoms with Crippen LogP contribution < -0.4 is 0 Å². The van der Waals surface area contributed by atoms with E-state index in [1.165, 1.54) is 0 Å². The zero-order valence-corrected chi connectivity index (χ0v) is 6.97. The number of hydrogen-bond acceptors (Lipinski definition) is 4. The zero-order chi connectivity index (χ0) is 9.90. The number of aliphatic hydroxyl groups is 2. The fourth-order valence-electron chi connectivity index (χ4n) is 1.35. The van der Waals surface area contributed by atoms with E-state index in [4.69, 9.17) is 16.6 Å². The van der Waals surface area contributed by atoms with E-state index in [-0.39, 0.29) is 19.4 Å². The molecule has 0 amide bonds. The largest absolute Gasteiger partial charge is 0.390 e. The molecule has 1 heterocycles. The highest BCUT2D eigenvalue weighted by Crippen LogP contribution is 2.31. The molecule has 13 heavy (non-hydrogen) atoms. The van der Waals surface area contributed by atoms with Crippen LogP contribution in [0.15, 0.2) is 0 Å². The molecule has 0 spiro atoms. The molecule has 5 nitrogen and oxygen atoms in total. The highest BCUT2D eigenvalue weighted by molar-refractivity contribution is 4.94. The van der Waals surface area contributed by atoms with Crippen LogP contribution in [0.3, 0.4) is 0 Å². The van der Waals surface area contributed by atoms with Gasteiger partial charge in [0.1, 0.15) is 0 Å². The van der Waals surface area contributed by atoms with Crippen LogP contribution in [0.5, 0.6) is 0 Å². The van der Waals surface area contributed by atoms with Gasteiger partial charge in [-0.3, -0.25) is 0 Å². The summed E-state index contributed by atoms with van der Waals surface area (Å²) >= 11 is 0. The van der Waals surface area contributed by atoms with Crippen molar-refractivity contribution in [1.29, 1.82) is 5.26 Å². The van der Waals surface area contributed by atoms with Crippen molar-refractivity contribution in [1.82, 2.24) is 0 Å². The highest BCUT2D eigenvalue weighted by atomic mass is 16.6. The van der Waals surface area contributed by atoms with Crippen LogP contribution in [0.1, 0.15) is 12.8 Å². The van der Waals surface area contributed by atoms with E-state index >= 15 is 0 Å². The van der Waals surface area contributed by atoms with Gasteiger partial charge in [0.15, 0.2) is 11.9 Å². The first-order valence-electron chi connectivity index (χ1n) is 3.90. The average Bonchev–Trinajstić information content (AvgIpc) is 2.28. The van der Waals surface area contributed by atoms with Gasteiger partial charge in [-0.05, 0) is 0 Å². The summed E-state index contributed by atoms with van der Waals surface area (Å²) < 4.78 is 5.01. The third-order valence-electron chi connectivity index (χ3n) is 1.95. The van der Waals surface area contributed by atoms with Crippen molar-refractivity contribution in [2.24, 2.45) is 0 Å². The molecule has 1 fully saturated rings. The molecule has 0 aromatic rings. The van der Waals surface area contributed by atoms with Crippen molar-refractivity contribution in [3.05, 3.63) is 11.4 Å². The Morgan fingerprint density at radius 2 is 2.46 bits per heavy atom. The summed E-state index contributed by atoms with van der Waals surface area (Å²) in [6.45, 7) is 6.58. The van der Waals surface area contributed by atoms with Gasteiger partial charge in [0.05, 0.1) is 18.6 Å². The number of hydrogen-bond donors (Lipinski definition) is 2. The minimum Gasteiger partial charge on any atom is -0.390 e. The van der Waals surface area contributed by atoms with E-state index in [0.717, 1.165) is 0 Å². The van der Waals surface area contributed by atoms with Gasteiger partial charge in [0, 0.05) is 6.42 Å². The van der Waals surface area contributed by atoms with Crippen molar-refractivity contribution in [2.75, 3.05) is 6.54 Å². The Hall–Kier alpha value is -1.14. The van der Waals surface area contributed by atoms with E-state index in [1.807, 2.05) is 0 Å². The summed E-state index contributed by atoms with van der Waals surface area (Å²) in [4.78, 5) is 3.06.